The highest BCUT2D eigenvalue weighted by atomic mass is 19.1. The van der Waals surface area contributed by atoms with Crippen LogP contribution in [0.25, 0.3) is 0 Å². The minimum absolute atomic E-state index is 0.211. The molecule has 2 N–H and O–H groups in total. The lowest BCUT2D eigenvalue weighted by molar-refractivity contribution is 0.184. The third-order valence-electron chi connectivity index (χ3n) is 4.63. The Bertz CT molecular complexity index is 740. The first-order chi connectivity index (χ1) is 12.7. The molecule has 0 aliphatic carbocycles. The van der Waals surface area contributed by atoms with Gasteiger partial charge in [-0.05, 0) is 35.4 Å². The van der Waals surface area contributed by atoms with E-state index in [-0.39, 0.29) is 5.82 Å². The van der Waals surface area contributed by atoms with Crippen LogP contribution >= 0.6 is 0 Å². The normalized spacial score (nSPS) is 15.4. The van der Waals surface area contributed by atoms with Gasteiger partial charge in [-0.25, -0.2) is 9.38 Å². The molecule has 6 heteroatoms. The van der Waals surface area contributed by atoms with Gasteiger partial charge in [0.2, 0.25) is 0 Å². The monoisotopic (exact) mass is 356 g/mol. The molecule has 0 unspecified atom stereocenters. The number of aliphatic imine (C=N–C) groups is 1. The zero-order valence-corrected chi connectivity index (χ0v) is 15.1. The summed E-state index contributed by atoms with van der Waals surface area (Å²) in [5.74, 6) is 0.355. The van der Waals surface area contributed by atoms with E-state index in [1.54, 1.807) is 7.11 Å². The maximum atomic E-state index is 13.1. The van der Waals surface area contributed by atoms with Gasteiger partial charge in [0.05, 0.1) is 13.2 Å². The molecule has 1 heterocycles. The van der Waals surface area contributed by atoms with E-state index in [9.17, 15) is 4.39 Å². The van der Waals surface area contributed by atoms with Crippen LogP contribution in [0, 0.1) is 5.82 Å². The van der Waals surface area contributed by atoms with Gasteiger partial charge in [-0.1, -0.05) is 24.3 Å². The summed E-state index contributed by atoms with van der Waals surface area (Å²) in [7, 11) is 1.69. The molecule has 2 aromatic rings. The average molecular weight is 356 g/mol. The minimum atomic E-state index is -0.211. The first-order valence-electron chi connectivity index (χ1n) is 8.78. The van der Waals surface area contributed by atoms with E-state index in [0.717, 1.165) is 43.0 Å². The van der Waals surface area contributed by atoms with Crippen molar-refractivity contribution in [2.75, 3.05) is 38.2 Å². The number of halogens is 1. The first kappa shape index (κ1) is 18.2. The quantitative estimate of drug-likeness (QED) is 0.661. The van der Waals surface area contributed by atoms with Crippen LogP contribution in [0.1, 0.15) is 11.1 Å². The summed E-state index contributed by atoms with van der Waals surface area (Å²) in [6.07, 6.45) is 0. The Balaban J connectivity index is 1.57. The summed E-state index contributed by atoms with van der Waals surface area (Å²) in [4.78, 5) is 8.90. The predicted octanol–water partition coefficient (Wildman–Crippen LogP) is 2.61. The van der Waals surface area contributed by atoms with Gasteiger partial charge < -0.3 is 20.3 Å². The van der Waals surface area contributed by atoms with Crippen molar-refractivity contribution in [1.29, 1.82) is 0 Å². The second-order valence-corrected chi connectivity index (χ2v) is 6.33. The van der Waals surface area contributed by atoms with E-state index in [0.29, 0.717) is 19.1 Å². The van der Waals surface area contributed by atoms with Crippen LogP contribution in [0.15, 0.2) is 53.5 Å². The molecule has 0 atom stereocenters. The molecular formula is C20H25FN4O. The van der Waals surface area contributed by atoms with Crippen molar-refractivity contribution < 1.29 is 9.13 Å². The van der Waals surface area contributed by atoms with Crippen molar-refractivity contribution in [3.8, 4) is 0 Å². The van der Waals surface area contributed by atoms with Crippen molar-refractivity contribution in [1.82, 2.24) is 4.90 Å². The molecule has 26 heavy (non-hydrogen) atoms. The average Bonchev–Trinajstić information content (AvgIpc) is 2.68. The van der Waals surface area contributed by atoms with E-state index in [2.05, 4.69) is 20.9 Å². The van der Waals surface area contributed by atoms with Crippen molar-refractivity contribution in [3.63, 3.8) is 0 Å². The lowest BCUT2D eigenvalue weighted by Crippen LogP contribution is -2.51. The van der Waals surface area contributed by atoms with E-state index in [4.69, 9.17) is 10.5 Å². The Labute approximate surface area is 153 Å². The van der Waals surface area contributed by atoms with E-state index in [1.165, 1.54) is 12.1 Å². The Morgan fingerprint density at radius 1 is 1.04 bits per heavy atom. The van der Waals surface area contributed by atoms with Crippen LogP contribution in [-0.4, -0.2) is 44.1 Å². The Kier molecular flexibility index (Phi) is 6.07. The van der Waals surface area contributed by atoms with Crippen molar-refractivity contribution in [2.24, 2.45) is 10.7 Å². The molecule has 1 aliphatic heterocycles. The van der Waals surface area contributed by atoms with E-state index >= 15 is 0 Å². The molecule has 0 amide bonds. The predicted molar refractivity (Wildman–Crippen MR) is 103 cm³/mol. The van der Waals surface area contributed by atoms with Crippen LogP contribution in [0.3, 0.4) is 0 Å². The van der Waals surface area contributed by atoms with Crippen LogP contribution in [-0.2, 0) is 17.9 Å². The summed E-state index contributed by atoms with van der Waals surface area (Å²) >= 11 is 0. The fourth-order valence-electron chi connectivity index (χ4n) is 3.12. The molecule has 5 nitrogen and oxygen atoms in total. The smallest absolute Gasteiger partial charge is 0.191 e. The highest BCUT2D eigenvalue weighted by Crippen LogP contribution is 2.17. The highest BCUT2D eigenvalue weighted by molar-refractivity contribution is 5.78. The second kappa shape index (κ2) is 8.67. The number of benzene rings is 2. The summed E-state index contributed by atoms with van der Waals surface area (Å²) < 4.78 is 18.3. The molecular weight excluding hydrogens is 331 g/mol. The highest BCUT2D eigenvalue weighted by Gasteiger charge is 2.18. The summed E-state index contributed by atoms with van der Waals surface area (Å²) in [5.41, 5.74) is 9.50. The minimum Gasteiger partial charge on any atom is -0.380 e. The number of piperazine rings is 1. The molecule has 3 rings (SSSR count). The third kappa shape index (κ3) is 4.52. The van der Waals surface area contributed by atoms with Crippen molar-refractivity contribution >= 4 is 11.6 Å². The van der Waals surface area contributed by atoms with Gasteiger partial charge in [0.15, 0.2) is 5.96 Å². The molecule has 1 fully saturated rings. The standard InChI is InChI=1S/C20H25FN4O/c1-26-15-17-5-3-2-4-16(17)14-23-20(22)25-12-10-24(11-13-25)19-8-6-18(21)7-9-19/h2-9H,10-15H2,1H3,(H2,22,23). The topological polar surface area (TPSA) is 54.1 Å². The number of guanidine groups is 1. The summed E-state index contributed by atoms with van der Waals surface area (Å²) in [6, 6.07) is 14.7. The lowest BCUT2D eigenvalue weighted by atomic mass is 10.1. The summed E-state index contributed by atoms with van der Waals surface area (Å²) in [6.45, 7) is 4.38. The molecule has 138 valence electrons. The van der Waals surface area contributed by atoms with Gasteiger partial charge in [0.1, 0.15) is 5.82 Å². The van der Waals surface area contributed by atoms with Crippen LogP contribution < -0.4 is 10.6 Å². The van der Waals surface area contributed by atoms with Crippen molar-refractivity contribution in [2.45, 2.75) is 13.2 Å². The SMILES string of the molecule is COCc1ccccc1CN=C(N)N1CCN(c2ccc(F)cc2)CC1. The Morgan fingerprint density at radius 2 is 1.69 bits per heavy atom. The number of rotatable bonds is 5. The number of hydrogen-bond acceptors (Lipinski definition) is 3. The number of hydrogen-bond donors (Lipinski definition) is 1. The van der Waals surface area contributed by atoms with E-state index < -0.39 is 0 Å². The largest absolute Gasteiger partial charge is 0.380 e. The molecule has 0 bridgehead atoms. The summed E-state index contributed by atoms with van der Waals surface area (Å²) in [5, 5.41) is 0. The fraction of sp³-hybridized carbons (Fsp3) is 0.350. The Hall–Kier alpha value is -2.60. The first-order valence-corrected chi connectivity index (χ1v) is 8.78. The zero-order chi connectivity index (χ0) is 18.4. The van der Waals surface area contributed by atoms with Crippen LogP contribution in [0.5, 0.6) is 0 Å². The molecule has 2 aromatic carbocycles. The lowest BCUT2D eigenvalue weighted by Gasteiger charge is -2.36. The maximum absolute atomic E-state index is 13.1. The van der Waals surface area contributed by atoms with Gasteiger partial charge in [-0.3, -0.25) is 0 Å². The number of nitrogens with zero attached hydrogens (tertiary/aromatic N) is 3. The van der Waals surface area contributed by atoms with Gasteiger partial charge >= 0.3 is 0 Å². The maximum Gasteiger partial charge on any atom is 0.191 e. The number of anilines is 1. The molecule has 1 aliphatic rings. The molecule has 0 spiro atoms. The number of ether oxygens (including phenoxy) is 1. The number of methoxy groups -OCH3 is 1. The molecule has 0 radical (unpaired) electrons. The zero-order valence-electron chi connectivity index (χ0n) is 15.1. The molecule has 0 aromatic heterocycles. The second-order valence-electron chi connectivity index (χ2n) is 6.33. The van der Waals surface area contributed by atoms with Crippen LogP contribution in [0.4, 0.5) is 10.1 Å². The van der Waals surface area contributed by atoms with Crippen molar-refractivity contribution in [3.05, 3.63) is 65.5 Å². The van der Waals surface area contributed by atoms with E-state index in [1.807, 2.05) is 30.3 Å². The van der Waals surface area contributed by atoms with Gasteiger partial charge in [0.25, 0.3) is 0 Å². The van der Waals surface area contributed by atoms with Gasteiger partial charge in [-0.15, -0.1) is 0 Å². The molecule has 1 saturated heterocycles. The Morgan fingerprint density at radius 3 is 2.35 bits per heavy atom. The van der Waals surface area contributed by atoms with Gasteiger partial charge in [0, 0.05) is 39.0 Å². The van der Waals surface area contributed by atoms with Gasteiger partial charge in [-0.2, -0.15) is 0 Å². The fourth-order valence-corrected chi connectivity index (χ4v) is 3.12. The van der Waals surface area contributed by atoms with Crippen LogP contribution in [0.2, 0.25) is 0 Å². The third-order valence-corrected chi connectivity index (χ3v) is 4.63. The number of nitrogens with two attached hydrogens (primary N) is 1. The molecule has 0 saturated carbocycles.